The van der Waals surface area contributed by atoms with Crippen LogP contribution in [0.5, 0.6) is 0 Å². The molecule has 5 nitrogen and oxygen atoms in total. The third-order valence-corrected chi connectivity index (χ3v) is 3.68. The molecular weight excluding hydrogens is 280 g/mol. The molecule has 0 aromatic carbocycles. The maximum Gasteiger partial charge on any atom is 0.256 e. The van der Waals surface area contributed by atoms with Crippen molar-refractivity contribution in [3.63, 3.8) is 0 Å². The van der Waals surface area contributed by atoms with Gasteiger partial charge in [0.25, 0.3) is 5.91 Å². The van der Waals surface area contributed by atoms with Gasteiger partial charge in [-0.15, -0.1) is 0 Å². The van der Waals surface area contributed by atoms with Gasteiger partial charge in [0.15, 0.2) is 0 Å². The van der Waals surface area contributed by atoms with Crippen LogP contribution in [0.25, 0.3) is 0 Å². The van der Waals surface area contributed by atoms with E-state index in [1.54, 1.807) is 23.2 Å². The van der Waals surface area contributed by atoms with Crippen molar-refractivity contribution in [1.82, 2.24) is 9.88 Å². The standard InChI is InChI=1S/C14H19ClN2O3/c15-13-12(3-1-6-16-13)14(19)17-7-4-11(5-8-17)20-10-2-9-18/h1,3,6,11,18H,2,4-5,7-10H2. The summed E-state index contributed by atoms with van der Waals surface area (Å²) in [5.74, 6) is -0.0723. The second kappa shape index (κ2) is 7.57. The Kier molecular flexibility index (Phi) is 5.76. The van der Waals surface area contributed by atoms with Crippen LogP contribution in [0.1, 0.15) is 29.6 Å². The average Bonchev–Trinajstić information content (AvgIpc) is 2.48. The van der Waals surface area contributed by atoms with Crippen molar-refractivity contribution >= 4 is 17.5 Å². The van der Waals surface area contributed by atoms with E-state index in [-0.39, 0.29) is 23.8 Å². The van der Waals surface area contributed by atoms with Gasteiger partial charge in [-0.05, 0) is 31.4 Å². The first-order valence-electron chi connectivity index (χ1n) is 6.84. The molecule has 0 bridgehead atoms. The van der Waals surface area contributed by atoms with Gasteiger partial charge in [-0.1, -0.05) is 11.6 Å². The highest BCUT2D eigenvalue weighted by atomic mass is 35.5. The Morgan fingerprint density at radius 2 is 2.25 bits per heavy atom. The number of nitrogens with zero attached hydrogens (tertiary/aromatic N) is 2. The fraction of sp³-hybridized carbons (Fsp3) is 0.571. The molecule has 1 fully saturated rings. The van der Waals surface area contributed by atoms with Crippen LogP contribution in [0.3, 0.4) is 0 Å². The third kappa shape index (κ3) is 3.91. The molecule has 1 aliphatic rings. The van der Waals surface area contributed by atoms with Gasteiger partial charge in [-0.3, -0.25) is 4.79 Å². The molecule has 1 saturated heterocycles. The minimum Gasteiger partial charge on any atom is -0.396 e. The zero-order valence-corrected chi connectivity index (χ0v) is 12.1. The quantitative estimate of drug-likeness (QED) is 0.664. The highest BCUT2D eigenvalue weighted by Crippen LogP contribution is 2.19. The predicted molar refractivity (Wildman–Crippen MR) is 75.8 cm³/mol. The lowest BCUT2D eigenvalue weighted by Crippen LogP contribution is -2.41. The number of carbonyl (C=O) groups excluding carboxylic acids is 1. The zero-order valence-electron chi connectivity index (χ0n) is 11.3. The van der Waals surface area contributed by atoms with Crippen molar-refractivity contribution in [2.24, 2.45) is 0 Å². The van der Waals surface area contributed by atoms with Gasteiger partial charge in [0.1, 0.15) is 5.15 Å². The van der Waals surface area contributed by atoms with E-state index >= 15 is 0 Å². The van der Waals surface area contributed by atoms with Crippen molar-refractivity contribution in [2.75, 3.05) is 26.3 Å². The highest BCUT2D eigenvalue weighted by molar-refractivity contribution is 6.32. The topological polar surface area (TPSA) is 62.7 Å². The summed E-state index contributed by atoms with van der Waals surface area (Å²) < 4.78 is 5.64. The zero-order chi connectivity index (χ0) is 14.4. The van der Waals surface area contributed by atoms with Crippen molar-refractivity contribution < 1.29 is 14.6 Å². The molecule has 2 rings (SSSR count). The summed E-state index contributed by atoms with van der Waals surface area (Å²) in [6.45, 7) is 2.04. The minimum absolute atomic E-state index is 0.0723. The lowest BCUT2D eigenvalue weighted by molar-refractivity contribution is 0.00397. The molecule has 0 unspecified atom stereocenters. The van der Waals surface area contributed by atoms with Crippen LogP contribution >= 0.6 is 11.6 Å². The number of hydrogen-bond donors (Lipinski definition) is 1. The van der Waals surface area contributed by atoms with Crippen LogP contribution in [-0.2, 0) is 4.74 Å². The summed E-state index contributed by atoms with van der Waals surface area (Å²) in [4.78, 5) is 18.0. The monoisotopic (exact) mass is 298 g/mol. The summed E-state index contributed by atoms with van der Waals surface area (Å²) in [7, 11) is 0. The van der Waals surface area contributed by atoms with Crippen LogP contribution in [0.4, 0.5) is 0 Å². The number of aliphatic hydroxyl groups excluding tert-OH is 1. The fourth-order valence-corrected chi connectivity index (χ4v) is 2.46. The molecule has 0 spiro atoms. The SMILES string of the molecule is O=C(c1cccnc1Cl)N1CCC(OCCCO)CC1. The van der Waals surface area contributed by atoms with Gasteiger partial charge < -0.3 is 14.7 Å². The van der Waals surface area contributed by atoms with E-state index in [0.29, 0.717) is 31.7 Å². The Morgan fingerprint density at radius 3 is 2.90 bits per heavy atom. The molecular formula is C14H19ClN2O3. The first kappa shape index (κ1) is 15.2. The van der Waals surface area contributed by atoms with Crippen LogP contribution in [0.2, 0.25) is 5.15 Å². The van der Waals surface area contributed by atoms with Gasteiger partial charge >= 0.3 is 0 Å². The Balaban J connectivity index is 1.85. The Labute approximate surface area is 123 Å². The minimum atomic E-state index is -0.0723. The number of halogens is 1. The summed E-state index contributed by atoms with van der Waals surface area (Å²) in [5, 5.41) is 8.96. The van der Waals surface area contributed by atoms with E-state index in [9.17, 15) is 4.79 Å². The number of pyridine rings is 1. The molecule has 6 heteroatoms. The molecule has 1 aliphatic heterocycles. The molecule has 20 heavy (non-hydrogen) atoms. The number of amides is 1. The summed E-state index contributed by atoms with van der Waals surface area (Å²) in [5.41, 5.74) is 0.453. The van der Waals surface area contributed by atoms with E-state index in [0.717, 1.165) is 12.8 Å². The van der Waals surface area contributed by atoms with Crippen molar-refractivity contribution in [1.29, 1.82) is 0 Å². The van der Waals surface area contributed by atoms with E-state index in [1.165, 1.54) is 0 Å². The third-order valence-electron chi connectivity index (χ3n) is 3.37. The molecule has 1 N–H and O–H groups in total. The van der Waals surface area contributed by atoms with Crippen LogP contribution in [0, 0.1) is 0 Å². The molecule has 1 amide bonds. The van der Waals surface area contributed by atoms with E-state index < -0.39 is 0 Å². The van der Waals surface area contributed by atoms with Crippen LogP contribution < -0.4 is 0 Å². The molecule has 1 aromatic rings. The molecule has 0 radical (unpaired) electrons. The largest absolute Gasteiger partial charge is 0.396 e. The van der Waals surface area contributed by atoms with E-state index in [2.05, 4.69) is 4.98 Å². The van der Waals surface area contributed by atoms with Crippen molar-refractivity contribution in [3.8, 4) is 0 Å². The molecule has 0 aliphatic carbocycles. The Hall–Kier alpha value is -1.17. The number of carbonyl (C=O) groups is 1. The number of likely N-dealkylation sites (tertiary alicyclic amines) is 1. The molecule has 1 aromatic heterocycles. The van der Waals surface area contributed by atoms with Gasteiger partial charge in [-0.25, -0.2) is 4.98 Å². The fourth-order valence-electron chi connectivity index (χ4n) is 2.26. The van der Waals surface area contributed by atoms with E-state index in [4.69, 9.17) is 21.4 Å². The number of piperidine rings is 1. The number of ether oxygens (including phenoxy) is 1. The first-order chi connectivity index (χ1) is 9.72. The first-order valence-corrected chi connectivity index (χ1v) is 7.22. The van der Waals surface area contributed by atoms with Crippen LogP contribution in [0.15, 0.2) is 18.3 Å². The number of rotatable bonds is 5. The maximum atomic E-state index is 12.3. The summed E-state index contributed by atoms with van der Waals surface area (Å²) in [6.07, 6.45) is 4.03. The van der Waals surface area contributed by atoms with E-state index in [1.807, 2.05) is 0 Å². The number of hydrogen-bond acceptors (Lipinski definition) is 4. The van der Waals surface area contributed by atoms with Crippen molar-refractivity contribution in [2.45, 2.75) is 25.4 Å². The Bertz CT molecular complexity index is 448. The second-order valence-corrected chi connectivity index (χ2v) is 5.14. The number of aromatic nitrogens is 1. The van der Waals surface area contributed by atoms with Gasteiger partial charge in [0, 0.05) is 32.5 Å². The normalized spacial score (nSPS) is 16.4. The smallest absolute Gasteiger partial charge is 0.256 e. The highest BCUT2D eigenvalue weighted by Gasteiger charge is 2.25. The lowest BCUT2D eigenvalue weighted by Gasteiger charge is -2.32. The summed E-state index contributed by atoms with van der Waals surface area (Å²) in [6, 6.07) is 3.41. The molecule has 2 heterocycles. The molecule has 110 valence electrons. The Morgan fingerprint density at radius 1 is 1.50 bits per heavy atom. The van der Waals surface area contributed by atoms with Gasteiger partial charge in [0.05, 0.1) is 11.7 Å². The van der Waals surface area contributed by atoms with Gasteiger partial charge in [-0.2, -0.15) is 0 Å². The number of aliphatic hydroxyl groups is 1. The maximum absolute atomic E-state index is 12.3. The molecule has 0 atom stereocenters. The lowest BCUT2D eigenvalue weighted by atomic mass is 10.1. The summed E-state index contributed by atoms with van der Waals surface area (Å²) >= 11 is 5.94. The predicted octanol–water partition coefficient (Wildman–Crippen LogP) is 1.74. The molecule has 0 saturated carbocycles. The van der Waals surface area contributed by atoms with Crippen LogP contribution in [-0.4, -0.2) is 53.3 Å². The average molecular weight is 299 g/mol. The second-order valence-electron chi connectivity index (χ2n) is 4.78. The van der Waals surface area contributed by atoms with Gasteiger partial charge in [0.2, 0.25) is 0 Å². The van der Waals surface area contributed by atoms with Crippen molar-refractivity contribution in [3.05, 3.63) is 29.0 Å².